The van der Waals surface area contributed by atoms with E-state index in [9.17, 15) is 0 Å². The van der Waals surface area contributed by atoms with Crippen molar-refractivity contribution in [1.82, 2.24) is 20.0 Å². The highest BCUT2D eigenvalue weighted by molar-refractivity contribution is 14.0. The molecule has 1 aromatic heterocycles. The molecule has 1 N–H and O–H groups in total. The zero-order valence-corrected chi connectivity index (χ0v) is 19.7. The zero-order chi connectivity index (χ0) is 19.2. The molecule has 2 unspecified atom stereocenters. The third kappa shape index (κ3) is 6.09. The summed E-state index contributed by atoms with van der Waals surface area (Å²) < 4.78 is 7.51. The molecular formula is C20H29ClIN5O. The van der Waals surface area contributed by atoms with Gasteiger partial charge in [0.1, 0.15) is 0 Å². The molecule has 154 valence electrons. The second kappa shape index (κ2) is 11.0. The van der Waals surface area contributed by atoms with E-state index in [2.05, 4.69) is 26.5 Å². The highest BCUT2D eigenvalue weighted by Gasteiger charge is 2.25. The summed E-state index contributed by atoms with van der Waals surface area (Å²) in [5.41, 5.74) is 2.36. The van der Waals surface area contributed by atoms with E-state index in [-0.39, 0.29) is 30.1 Å². The van der Waals surface area contributed by atoms with Crippen molar-refractivity contribution in [3.8, 4) is 0 Å². The third-order valence-electron chi connectivity index (χ3n) is 5.03. The molecule has 1 aliphatic heterocycles. The van der Waals surface area contributed by atoms with Crippen LogP contribution in [0.1, 0.15) is 23.7 Å². The first kappa shape index (κ1) is 23.0. The molecule has 6 nitrogen and oxygen atoms in total. The fourth-order valence-electron chi connectivity index (χ4n) is 3.66. The Balaban J connectivity index is 0.00000280. The number of aliphatic imine (C=N–C) groups is 1. The molecule has 0 saturated carbocycles. The molecule has 0 aliphatic carbocycles. The summed E-state index contributed by atoms with van der Waals surface area (Å²) in [5.74, 6) is 1.55. The first-order valence-corrected chi connectivity index (χ1v) is 9.68. The van der Waals surface area contributed by atoms with Gasteiger partial charge in [0.2, 0.25) is 0 Å². The van der Waals surface area contributed by atoms with Gasteiger partial charge in [0.15, 0.2) is 5.96 Å². The van der Waals surface area contributed by atoms with E-state index in [4.69, 9.17) is 16.3 Å². The lowest BCUT2D eigenvalue weighted by atomic mass is 10.0. The van der Waals surface area contributed by atoms with Crippen molar-refractivity contribution in [1.29, 1.82) is 0 Å². The van der Waals surface area contributed by atoms with Crippen molar-refractivity contribution in [2.45, 2.75) is 18.9 Å². The number of hydrogen-bond acceptors (Lipinski definition) is 3. The maximum absolute atomic E-state index is 6.11. The standard InChI is InChI=1S/C20H28ClN5O.HI/c1-22-20(23-12-19(27-3)17-5-4-6-18(21)10-17)26-8-7-15(14-26)9-16-11-24-25(2)13-16;/h4-6,10-11,13,15,19H,7-9,12,14H2,1-3H3,(H,22,23);1H. The van der Waals surface area contributed by atoms with E-state index in [1.54, 1.807) is 7.11 Å². The molecule has 1 saturated heterocycles. The SMILES string of the molecule is CN=C(NCC(OC)c1cccc(Cl)c1)N1CCC(Cc2cnn(C)c2)C1.I. The number of methoxy groups -OCH3 is 1. The summed E-state index contributed by atoms with van der Waals surface area (Å²) in [7, 11) is 5.51. The quantitative estimate of drug-likeness (QED) is 0.362. The number of aryl methyl sites for hydroxylation is 1. The molecule has 1 fully saturated rings. The predicted molar refractivity (Wildman–Crippen MR) is 125 cm³/mol. The van der Waals surface area contributed by atoms with Crippen LogP contribution in [0.2, 0.25) is 5.02 Å². The molecule has 2 aromatic rings. The minimum Gasteiger partial charge on any atom is -0.375 e. The minimum atomic E-state index is -0.0748. The Hall–Kier alpha value is -1.32. The highest BCUT2D eigenvalue weighted by Crippen LogP contribution is 2.22. The molecule has 8 heteroatoms. The van der Waals surface area contributed by atoms with E-state index < -0.39 is 0 Å². The molecule has 0 radical (unpaired) electrons. The zero-order valence-electron chi connectivity index (χ0n) is 16.6. The van der Waals surface area contributed by atoms with Crippen LogP contribution >= 0.6 is 35.6 Å². The Morgan fingerprint density at radius 3 is 2.93 bits per heavy atom. The summed E-state index contributed by atoms with van der Waals surface area (Å²) in [6.45, 7) is 2.66. The molecule has 1 aliphatic rings. The normalized spacial score (nSPS) is 18.1. The molecule has 28 heavy (non-hydrogen) atoms. The number of nitrogens with one attached hydrogen (secondary N) is 1. The lowest BCUT2D eigenvalue weighted by Gasteiger charge is -2.24. The summed E-state index contributed by atoms with van der Waals surface area (Å²) >= 11 is 6.11. The highest BCUT2D eigenvalue weighted by atomic mass is 127. The second-order valence-corrected chi connectivity index (χ2v) is 7.47. The van der Waals surface area contributed by atoms with Crippen LogP contribution in [0.3, 0.4) is 0 Å². The molecule has 0 bridgehead atoms. The molecule has 1 aromatic carbocycles. The molecular weight excluding hydrogens is 489 g/mol. The van der Waals surface area contributed by atoms with Crippen LogP contribution in [0.5, 0.6) is 0 Å². The average Bonchev–Trinajstić information content (AvgIpc) is 3.28. The predicted octanol–water partition coefficient (Wildman–Crippen LogP) is 3.52. The maximum atomic E-state index is 6.11. The fourth-order valence-corrected chi connectivity index (χ4v) is 3.86. The van der Waals surface area contributed by atoms with Gasteiger partial charge in [-0.2, -0.15) is 5.10 Å². The second-order valence-electron chi connectivity index (χ2n) is 7.03. The van der Waals surface area contributed by atoms with Crippen LogP contribution in [0, 0.1) is 5.92 Å². The summed E-state index contributed by atoms with van der Waals surface area (Å²) in [5, 5.41) is 8.45. The van der Waals surface area contributed by atoms with Gasteiger partial charge in [-0.15, -0.1) is 24.0 Å². The van der Waals surface area contributed by atoms with Crippen molar-refractivity contribution < 1.29 is 4.74 Å². The van der Waals surface area contributed by atoms with Crippen molar-refractivity contribution in [2.24, 2.45) is 18.0 Å². The smallest absolute Gasteiger partial charge is 0.193 e. The van der Waals surface area contributed by atoms with E-state index >= 15 is 0 Å². The van der Waals surface area contributed by atoms with Crippen LogP contribution in [0.15, 0.2) is 41.7 Å². The van der Waals surface area contributed by atoms with Crippen molar-refractivity contribution in [2.75, 3.05) is 33.8 Å². The van der Waals surface area contributed by atoms with Gasteiger partial charge >= 0.3 is 0 Å². The van der Waals surface area contributed by atoms with Gasteiger partial charge in [-0.25, -0.2) is 0 Å². The Bertz CT molecular complexity index is 781. The number of likely N-dealkylation sites (tertiary alicyclic amines) is 1. The number of aromatic nitrogens is 2. The van der Waals surface area contributed by atoms with Crippen LogP contribution < -0.4 is 5.32 Å². The average molecular weight is 518 g/mol. The summed E-state index contributed by atoms with van der Waals surface area (Å²) in [4.78, 5) is 6.79. The number of hydrogen-bond donors (Lipinski definition) is 1. The monoisotopic (exact) mass is 517 g/mol. The number of ether oxygens (including phenoxy) is 1. The van der Waals surface area contributed by atoms with E-state index in [0.717, 1.165) is 42.5 Å². The van der Waals surface area contributed by atoms with Crippen LogP contribution in [0.4, 0.5) is 0 Å². The molecule has 0 spiro atoms. The van der Waals surface area contributed by atoms with Crippen molar-refractivity contribution in [3.63, 3.8) is 0 Å². The molecule has 0 amide bonds. The fraction of sp³-hybridized carbons (Fsp3) is 0.500. The third-order valence-corrected chi connectivity index (χ3v) is 5.27. The van der Waals surface area contributed by atoms with E-state index in [0.29, 0.717) is 12.5 Å². The van der Waals surface area contributed by atoms with E-state index in [1.165, 1.54) is 5.56 Å². The van der Waals surface area contributed by atoms with Crippen LogP contribution in [-0.2, 0) is 18.2 Å². The Morgan fingerprint density at radius 2 is 2.29 bits per heavy atom. The Morgan fingerprint density at radius 1 is 1.46 bits per heavy atom. The van der Waals surface area contributed by atoms with Gasteiger partial charge in [0.05, 0.1) is 12.3 Å². The first-order valence-electron chi connectivity index (χ1n) is 9.30. The Labute approximate surface area is 189 Å². The largest absolute Gasteiger partial charge is 0.375 e. The topological polar surface area (TPSA) is 54.7 Å². The number of benzene rings is 1. The maximum Gasteiger partial charge on any atom is 0.193 e. The van der Waals surface area contributed by atoms with Gasteiger partial charge in [0, 0.05) is 52.1 Å². The van der Waals surface area contributed by atoms with Crippen molar-refractivity contribution >= 4 is 41.5 Å². The summed E-state index contributed by atoms with van der Waals surface area (Å²) in [6, 6.07) is 7.79. The number of rotatable bonds is 6. The molecule has 2 heterocycles. The molecule has 3 rings (SSSR count). The van der Waals surface area contributed by atoms with Gasteiger partial charge in [-0.3, -0.25) is 9.67 Å². The van der Waals surface area contributed by atoms with Gasteiger partial charge < -0.3 is 15.0 Å². The number of guanidine groups is 1. The van der Waals surface area contributed by atoms with Gasteiger partial charge in [-0.05, 0) is 42.0 Å². The van der Waals surface area contributed by atoms with Gasteiger partial charge in [-0.1, -0.05) is 23.7 Å². The number of halogens is 2. The first-order chi connectivity index (χ1) is 13.1. The minimum absolute atomic E-state index is 0. The lowest BCUT2D eigenvalue weighted by molar-refractivity contribution is 0.106. The van der Waals surface area contributed by atoms with E-state index in [1.807, 2.05) is 49.2 Å². The van der Waals surface area contributed by atoms with Gasteiger partial charge in [0.25, 0.3) is 0 Å². The number of nitrogens with zero attached hydrogens (tertiary/aromatic N) is 4. The Kier molecular flexibility index (Phi) is 9.04. The lowest BCUT2D eigenvalue weighted by Crippen LogP contribution is -2.42. The van der Waals surface area contributed by atoms with Crippen LogP contribution in [-0.4, -0.2) is 54.4 Å². The molecule has 2 atom stereocenters. The van der Waals surface area contributed by atoms with Crippen LogP contribution in [0.25, 0.3) is 0 Å². The summed E-state index contributed by atoms with van der Waals surface area (Å²) in [6.07, 6.45) is 6.21. The van der Waals surface area contributed by atoms with Crippen molar-refractivity contribution in [3.05, 3.63) is 52.8 Å².